The molecule has 1 N–H and O–H groups in total. The van der Waals surface area contributed by atoms with Crippen LogP contribution < -0.4 is 0 Å². The number of hydrogen-bond donors (Lipinski definition) is 1. The molecule has 3 aromatic rings. The minimum atomic E-state index is 0.226. The van der Waals surface area contributed by atoms with Gasteiger partial charge in [-0.3, -0.25) is 9.20 Å². The quantitative estimate of drug-likeness (QED) is 0.792. The van der Waals surface area contributed by atoms with Crippen LogP contribution in [0.4, 0.5) is 0 Å². The predicted octanol–water partition coefficient (Wildman–Crippen LogP) is 2.36. The monoisotopic (exact) mass is 338 g/mol. The summed E-state index contributed by atoms with van der Waals surface area (Å²) in [5.74, 6) is 2.55. The lowest BCUT2D eigenvalue weighted by Crippen LogP contribution is -2.29. The number of carbonyl (C=O) groups excluding carboxylic acids is 1. The first-order valence-corrected chi connectivity index (χ1v) is 9.19. The Morgan fingerprint density at radius 3 is 3.00 bits per heavy atom. The lowest BCUT2D eigenvalue weighted by molar-refractivity contribution is -0.130. The van der Waals surface area contributed by atoms with Crippen molar-refractivity contribution in [1.29, 1.82) is 0 Å². The molecule has 5 rings (SSSR count). The van der Waals surface area contributed by atoms with Gasteiger partial charge in [0.15, 0.2) is 11.3 Å². The van der Waals surface area contributed by atoms with E-state index >= 15 is 0 Å². The Hall–Kier alpha value is -2.44. The van der Waals surface area contributed by atoms with Crippen LogP contribution in [0.5, 0.6) is 0 Å². The van der Waals surface area contributed by atoms with Crippen LogP contribution in [0.2, 0.25) is 0 Å². The molecule has 0 bridgehead atoms. The summed E-state index contributed by atoms with van der Waals surface area (Å²) in [6.45, 7) is 3.78. The highest BCUT2D eigenvalue weighted by atomic mass is 16.2. The normalized spacial score (nSPS) is 23.8. The minimum absolute atomic E-state index is 0.226. The SMILES string of the molecule is CC[C@@H]1CN(C(=O)CC2CC2)C[C@@H]1c1nnc2cnc3[nH]ccc3n12. The van der Waals surface area contributed by atoms with Gasteiger partial charge in [0.05, 0.1) is 11.7 Å². The van der Waals surface area contributed by atoms with E-state index in [1.165, 1.54) is 12.8 Å². The van der Waals surface area contributed by atoms with Crippen LogP contribution >= 0.6 is 0 Å². The second-order valence-electron chi connectivity index (χ2n) is 7.44. The van der Waals surface area contributed by atoms with E-state index in [2.05, 4.69) is 31.5 Å². The smallest absolute Gasteiger partial charge is 0.222 e. The van der Waals surface area contributed by atoms with Gasteiger partial charge in [-0.05, 0) is 30.7 Å². The fourth-order valence-corrected chi connectivity index (χ4v) is 4.12. The molecule has 0 aromatic carbocycles. The van der Waals surface area contributed by atoms with E-state index < -0.39 is 0 Å². The second kappa shape index (κ2) is 5.54. The number of fused-ring (bicyclic) bond motifs is 3. The number of carbonyl (C=O) groups is 1. The number of aromatic nitrogens is 5. The van der Waals surface area contributed by atoms with Gasteiger partial charge < -0.3 is 9.88 Å². The number of nitrogens with zero attached hydrogens (tertiary/aromatic N) is 5. The van der Waals surface area contributed by atoms with Crippen molar-refractivity contribution in [2.24, 2.45) is 11.8 Å². The van der Waals surface area contributed by atoms with Crippen LogP contribution in [-0.2, 0) is 4.79 Å². The molecule has 0 unspecified atom stereocenters. The molecule has 1 amide bonds. The van der Waals surface area contributed by atoms with Crippen molar-refractivity contribution >= 4 is 22.7 Å². The molecule has 2 fully saturated rings. The van der Waals surface area contributed by atoms with E-state index in [0.717, 1.165) is 48.6 Å². The molecular formula is C18H22N6O. The van der Waals surface area contributed by atoms with Crippen molar-refractivity contribution in [3.05, 3.63) is 24.3 Å². The van der Waals surface area contributed by atoms with Crippen molar-refractivity contribution in [3.8, 4) is 0 Å². The van der Waals surface area contributed by atoms with Gasteiger partial charge in [-0.1, -0.05) is 13.3 Å². The first-order valence-electron chi connectivity index (χ1n) is 9.19. The third-order valence-electron chi connectivity index (χ3n) is 5.78. The molecule has 130 valence electrons. The summed E-state index contributed by atoms with van der Waals surface area (Å²) < 4.78 is 2.10. The van der Waals surface area contributed by atoms with E-state index in [9.17, 15) is 4.79 Å². The number of H-pyrrole nitrogens is 1. The molecule has 7 heteroatoms. The highest BCUT2D eigenvalue weighted by molar-refractivity contribution is 5.77. The molecule has 7 nitrogen and oxygen atoms in total. The maximum Gasteiger partial charge on any atom is 0.222 e. The third-order valence-corrected chi connectivity index (χ3v) is 5.78. The van der Waals surface area contributed by atoms with Crippen molar-refractivity contribution in [2.75, 3.05) is 13.1 Å². The van der Waals surface area contributed by atoms with E-state index in [0.29, 0.717) is 17.7 Å². The molecule has 1 saturated carbocycles. The second-order valence-corrected chi connectivity index (χ2v) is 7.44. The van der Waals surface area contributed by atoms with Crippen LogP contribution in [-0.4, -0.2) is 48.5 Å². The summed E-state index contributed by atoms with van der Waals surface area (Å²) in [6.07, 6.45) is 7.82. The molecule has 1 saturated heterocycles. The summed E-state index contributed by atoms with van der Waals surface area (Å²) in [4.78, 5) is 22.2. The number of rotatable bonds is 4. The van der Waals surface area contributed by atoms with Gasteiger partial charge in [0.25, 0.3) is 0 Å². The Morgan fingerprint density at radius 1 is 1.32 bits per heavy atom. The topological polar surface area (TPSA) is 79.2 Å². The Labute approximate surface area is 145 Å². The highest BCUT2D eigenvalue weighted by Crippen LogP contribution is 2.37. The van der Waals surface area contributed by atoms with Crippen LogP contribution in [0.15, 0.2) is 18.5 Å². The van der Waals surface area contributed by atoms with Gasteiger partial charge in [-0.2, -0.15) is 0 Å². The lowest BCUT2D eigenvalue weighted by atomic mass is 9.93. The molecule has 3 aromatic heterocycles. The average molecular weight is 338 g/mol. The molecule has 0 radical (unpaired) electrons. The third kappa shape index (κ3) is 2.41. The molecule has 1 aliphatic carbocycles. The van der Waals surface area contributed by atoms with Crippen molar-refractivity contribution < 1.29 is 4.79 Å². The molecule has 4 heterocycles. The fourth-order valence-electron chi connectivity index (χ4n) is 4.12. The van der Waals surface area contributed by atoms with E-state index in [1.807, 2.05) is 17.2 Å². The van der Waals surface area contributed by atoms with Crippen LogP contribution in [0.1, 0.15) is 44.3 Å². The first kappa shape index (κ1) is 14.9. The van der Waals surface area contributed by atoms with E-state index in [4.69, 9.17) is 0 Å². The van der Waals surface area contributed by atoms with Gasteiger partial charge in [0, 0.05) is 31.6 Å². The highest BCUT2D eigenvalue weighted by Gasteiger charge is 2.39. The van der Waals surface area contributed by atoms with Gasteiger partial charge in [0.1, 0.15) is 5.82 Å². The van der Waals surface area contributed by atoms with E-state index in [-0.39, 0.29) is 5.92 Å². The zero-order valence-corrected chi connectivity index (χ0v) is 14.4. The molecule has 2 atom stereocenters. The molecule has 25 heavy (non-hydrogen) atoms. The zero-order chi connectivity index (χ0) is 17.0. The predicted molar refractivity (Wildman–Crippen MR) is 93.1 cm³/mol. The first-order chi connectivity index (χ1) is 12.2. The summed E-state index contributed by atoms with van der Waals surface area (Å²) >= 11 is 0. The van der Waals surface area contributed by atoms with Gasteiger partial charge in [0.2, 0.25) is 5.91 Å². The number of aromatic amines is 1. The Morgan fingerprint density at radius 2 is 2.20 bits per heavy atom. The fraction of sp³-hybridized carbons (Fsp3) is 0.556. The van der Waals surface area contributed by atoms with Crippen molar-refractivity contribution in [3.63, 3.8) is 0 Å². The summed E-state index contributed by atoms with van der Waals surface area (Å²) in [5.41, 5.74) is 2.59. The van der Waals surface area contributed by atoms with Crippen LogP contribution in [0, 0.1) is 11.8 Å². The largest absolute Gasteiger partial charge is 0.345 e. The van der Waals surface area contributed by atoms with Crippen molar-refractivity contribution in [2.45, 2.75) is 38.5 Å². The summed E-state index contributed by atoms with van der Waals surface area (Å²) in [6, 6.07) is 2.01. The number of nitrogens with one attached hydrogen (secondary N) is 1. The Bertz CT molecular complexity index is 939. The molecule has 2 aliphatic rings. The molecule has 0 spiro atoms. The maximum absolute atomic E-state index is 12.6. The summed E-state index contributed by atoms with van der Waals surface area (Å²) in [7, 11) is 0. The zero-order valence-electron chi connectivity index (χ0n) is 14.4. The number of likely N-dealkylation sites (tertiary alicyclic amines) is 1. The number of hydrogen-bond acceptors (Lipinski definition) is 4. The minimum Gasteiger partial charge on any atom is -0.345 e. The molecular weight excluding hydrogens is 316 g/mol. The molecule has 1 aliphatic heterocycles. The lowest BCUT2D eigenvalue weighted by Gasteiger charge is -2.16. The number of amides is 1. The van der Waals surface area contributed by atoms with Crippen LogP contribution in [0.3, 0.4) is 0 Å². The van der Waals surface area contributed by atoms with E-state index in [1.54, 1.807) is 6.20 Å². The Kier molecular flexibility index (Phi) is 3.29. The average Bonchev–Trinajstić information content (AvgIpc) is 3.06. The summed E-state index contributed by atoms with van der Waals surface area (Å²) in [5, 5.41) is 8.82. The van der Waals surface area contributed by atoms with Crippen molar-refractivity contribution in [1.82, 2.24) is 29.5 Å². The Balaban J connectivity index is 1.51. The van der Waals surface area contributed by atoms with Gasteiger partial charge in [-0.15, -0.1) is 10.2 Å². The van der Waals surface area contributed by atoms with Gasteiger partial charge >= 0.3 is 0 Å². The van der Waals surface area contributed by atoms with Crippen LogP contribution in [0.25, 0.3) is 16.8 Å². The van der Waals surface area contributed by atoms with Gasteiger partial charge in [-0.25, -0.2) is 4.98 Å². The maximum atomic E-state index is 12.6. The standard InChI is InChI=1S/C18H22N6O/c1-2-12-9-23(16(25)7-11-3-4-11)10-13(12)18-22-21-15-8-20-17-14(24(15)18)5-6-19-17/h5-6,8,11-13,19H,2-4,7,9-10H2,1H3/t12-,13+/m1/s1.